The molecule has 5 nitrogen and oxygen atoms in total. The maximum absolute atomic E-state index is 10.8. The fraction of sp³-hybridized carbons (Fsp3) is 0.455. The molecule has 6 heteroatoms. The van der Waals surface area contributed by atoms with Crippen LogP contribution in [0.4, 0.5) is 17.1 Å². The van der Waals surface area contributed by atoms with E-state index >= 15 is 0 Å². The van der Waals surface area contributed by atoms with Gasteiger partial charge < -0.3 is 10.6 Å². The SMILES string of the molecule is CN(c1cc(N)cc([N+](=O)[O-])c1)C1CCSC1. The molecule has 1 aromatic carbocycles. The van der Waals surface area contributed by atoms with Crippen LogP contribution in [0.2, 0.25) is 0 Å². The molecule has 0 bridgehead atoms. The average molecular weight is 253 g/mol. The monoisotopic (exact) mass is 253 g/mol. The van der Waals surface area contributed by atoms with Crippen molar-refractivity contribution >= 4 is 28.8 Å². The number of rotatable bonds is 3. The smallest absolute Gasteiger partial charge is 0.273 e. The van der Waals surface area contributed by atoms with E-state index in [9.17, 15) is 10.1 Å². The number of hydrogen-bond donors (Lipinski definition) is 1. The molecule has 1 heterocycles. The third kappa shape index (κ3) is 2.63. The summed E-state index contributed by atoms with van der Waals surface area (Å²) in [6.45, 7) is 0. The Morgan fingerprint density at radius 3 is 2.88 bits per heavy atom. The zero-order valence-corrected chi connectivity index (χ0v) is 10.4. The Morgan fingerprint density at radius 1 is 1.53 bits per heavy atom. The van der Waals surface area contributed by atoms with Crippen molar-refractivity contribution in [1.82, 2.24) is 0 Å². The van der Waals surface area contributed by atoms with E-state index < -0.39 is 4.92 Å². The number of nitro benzene ring substituents is 1. The third-order valence-corrected chi connectivity index (χ3v) is 4.14. The molecule has 92 valence electrons. The van der Waals surface area contributed by atoms with Crippen molar-refractivity contribution in [2.24, 2.45) is 0 Å². The van der Waals surface area contributed by atoms with Crippen LogP contribution in [0.25, 0.3) is 0 Å². The van der Waals surface area contributed by atoms with Gasteiger partial charge in [0.25, 0.3) is 5.69 Å². The topological polar surface area (TPSA) is 72.4 Å². The van der Waals surface area contributed by atoms with Gasteiger partial charge in [-0.25, -0.2) is 0 Å². The van der Waals surface area contributed by atoms with Crippen LogP contribution in [0.15, 0.2) is 18.2 Å². The molecule has 17 heavy (non-hydrogen) atoms. The van der Waals surface area contributed by atoms with Gasteiger partial charge in [0, 0.05) is 42.3 Å². The first-order valence-electron chi connectivity index (χ1n) is 5.43. The summed E-state index contributed by atoms with van der Waals surface area (Å²) in [6, 6.07) is 5.21. The minimum Gasteiger partial charge on any atom is -0.398 e. The highest BCUT2D eigenvalue weighted by atomic mass is 32.2. The maximum Gasteiger partial charge on any atom is 0.273 e. The fourth-order valence-electron chi connectivity index (χ4n) is 1.97. The first-order chi connectivity index (χ1) is 8.08. The zero-order chi connectivity index (χ0) is 12.4. The van der Waals surface area contributed by atoms with Crippen molar-refractivity contribution in [3.05, 3.63) is 28.3 Å². The summed E-state index contributed by atoms with van der Waals surface area (Å²) >= 11 is 1.91. The molecule has 0 spiro atoms. The van der Waals surface area contributed by atoms with Gasteiger partial charge in [-0.1, -0.05) is 0 Å². The molecule has 0 aromatic heterocycles. The number of nitrogens with zero attached hydrogens (tertiary/aromatic N) is 2. The summed E-state index contributed by atoms with van der Waals surface area (Å²) in [6.07, 6.45) is 1.11. The minimum atomic E-state index is -0.406. The van der Waals surface area contributed by atoms with Crippen LogP contribution in [-0.2, 0) is 0 Å². The second-order valence-corrected chi connectivity index (χ2v) is 5.32. The summed E-state index contributed by atoms with van der Waals surface area (Å²) < 4.78 is 0. The van der Waals surface area contributed by atoms with Gasteiger partial charge in [-0.3, -0.25) is 10.1 Å². The van der Waals surface area contributed by atoms with E-state index in [1.807, 2.05) is 18.8 Å². The van der Waals surface area contributed by atoms with Crippen LogP contribution in [0.5, 0.6) is 0 Å². The molecule has 2 N–H and O–H groups in total. The molecule has 2 rings (SSSR count). The Morgan fingerprint density at radius 2 is 2.29 bits per heavy atom. The second kappa shape index (κ2) is 4.83. The Bertz CT molecular complexity index is 433. The number of nitro groups is 1. The van der Waals surface area contributed by atoms with Crippen molar-refractivity contribution in [2.45, 2.75) is 12.5 Å². The molecule has 1 aliphatic heterocycles. The lowest BCUT2D eigenvalue weighted by molar-refractivity contribution is -0.384. The van der Waals surface area contributed by atoms with Crippen molar-refractivity contribution in [3.8, 4) is 0 Å². The number of non-ortho nitro benzene ring substituents is 1. The van der Waals surface area contributed by atoms with Crippen molar-refractivity contribution < 1.29 is 4.92 Å². The van der Waals surface area contributed by atoms with Gasteiger partial charge >= 0.3 is 0 Å². The van der Waals surface area contributed by atoms with Crippen molar-refractivity contribution in [3.63, 3.8) is 0 Å². The number of nitrogens with two attached hydrogens (primary N) is 1. The van der Waals surface area contributed by atoms with Crippen LogP contribution in [0.3, 0.4) is 0 Å². The average Bonchev–Trinajstić information content (AvgIpc) is 2.80. The molecule has 0 radical (unpaired) electrons. The van der Waals surface area contributed by atoms with E-state index in [0.717, 1.165) is 23.6 Å². The molecular formula is C11H15N3O2S. The lowest BCUT2D eigenvalue weighted by atomic mass is 10.2. The number of thioether (sulfide) groups is 1. The number of benzene rings is 1. The highest BCUT2D eigenvalue weighted by Crippen LogP contribution is 2.30. The molecule has 0 saturated carbocycles. The Labute approximate surface area is 104 Å². The first-order valence-corrected chi connectivity index (χ1v) is 6.59. The van der Waals surface area contributed by atoms with Crippen LogP contribution >= 0.6 is 11.8 Å². The summed E-state index contributed by atoms with van der Waals surface area (Å²) in [5.74, 6) is 2.22. The van der Waals surface area contributed by atoms with Gasteiger partial charge in [-0.05, 0) is 18.2 Å². The van der Waals surface area contributed by atoms with Gasteiger partial charge in [-0.15, -0.1) is 0 Å². The van der Waals surface area contributed by atoms with Crippen LogP contribution < -0.4 is 10.6 Å². The normalized spacial score (nSPS) is 19.2. The Hall–Kier alpha value is -1.43. The summed E-state index contributed by atoms with van der Waals surface area (Å²) in [4.78, 5) is 12.5. The predicted octanol–water partition coefficient (Wildman–Crippen LogP) is 2.12. The number of hydrogen-bond acceptors (Lipinski definition) is 5. The zero-order valence-electron chi connectivity index (χ0n) is 9.63. The van der Waals surface area contributed by atoms with E-state index in [2.05, 4.69) is 4.90 Å². The molecule has 0 amide bonds. The van der Waals surface area contributed by atoms with Gasteiger partial charge in [-0.2, -0.15) is 11.8 Å². The van der Waals surface area contributed by atoms with Crippen LogP contribution in [0, 0.1) is 10.1 Å². The predicted molar refractivity (Wildman–Crippen MR) is 71.6 cm³/mol. The van der Waals surface area contributed by atoms with Crippen LogP contribution in [-0.4, -0.2) is 29.5 Å². The fourth-order valence-corrected chi connectivity index (χ4v) is 3.23. The number of anilines is 2. The molecule has 1 aromatic rings. The second-order valence-electron chi connectivity index (χ2n) is 4.17. The lowest BCUT2D eigenvalue weighted by Crippen LogP contribution is -2.31. The van der Waals surface area contributed by atoms with Gasteiger partial charge in [0.05, 0.1) is 4.92 Å². The summed E-state index contributed by atoms with van der Waals surface area (Å²) in [5.41, 5.74) is 7.01. The first kappa shape index (κ1) is 12.0. The highest BCUT2D eigenvalue weighted by Gasteiger charge is 2.21. The summed E-state index contributed by atoms with van der Waals surface area (Å²) in [7, 11) is 1.97. The van der Waals surface area contributed by atoms with E-state index in [1.165, 1.54) is 6.07 Å². The van der Waals surface area contributed by atoms with E-state index in [4.69, 9.17) is 5.73 Å². The van der Waals surface area contributed by atoms with Gasteiger partial charge in [0.2, 0.25) is 0 Å². The lowest BCUT2D eigenvalue weighted by Gasteiger charge is -2.26. The molecular weight excluding hydrogens is 238 g/mol. The molecule has 1 fully saturated rings. The number of nitrogen functional groups attached to an aromatic ring is 1. The third-order valence-electron chi connectivity index (χ3n) is 3.00. The molecule has 1 saturated heterocycles. The summed E-state index contributed by atoms with van der Waals surface area (Å²) in [5, 5.41) is 10.8. The molecule has 1 unspecified atom stereocenters. The quantitative estimate of drug-likeness (QED) is 0.507. The molecule has 0 aliphatic carbocycles. The molecule has 1 aliphatic rings. The van der Waals surface area contributed by atoms with E-state index in [1.54, 1.807) is 12.1 Å². The standard InChI is InChI=1S/C11H15N3O2S/c1-13(9-2-3-17-7-9)10-4-8(12)5-11(6-10)14(15)16/h4-6,9H,2-3,7,12H2,1H3. The van der Waals surface area contributed by atoms with Gasteiger partial charge in [0.1, 0.15) is 0 Å². The maximum atomic E-state index is 10.8. The minimum absolute atomic E-state index is 0.0532. The van der Waals surface area contributed by atoms with Crippen molar-refractivity contribution in [2.75, 3.05) is 29.2 Å². The molecule has 1 atom stereocenters. The van der Waals surface area contributed by atoms with Crippen molar-refractivity contribution in [1.29, 1.82) is 0 Å². The van der Waals surface area contributed by atoms with E-state index in [0.29, 0.717) is 11.7 Å². The van der Waals surface area contributed by atoms with Crippen LogP contribution in [0.1, 0.15) is 6.42 Å². The Kier molecular flexibility index (Phi) is 3.42. The van der Waals surface area contributed by atoms with E-state index in [-0.39, 0.29) is 5.69 Å². The van der Waals surface area contributed by atoms with Gasteiger partial charge in [0.15, 0.2) is 0 Å². The largest absolute Gasteiger partial charge is 0.398 e. The Balaban J connectivity index is 2.27. The highest BCUT2D eigenvalue weighted by molar-refractivity contribution is 7.99.